The minimum atomic E-state index is -1.04. The summed E-state index contributed by atoms with van der Waals surface area (Å²) in [6.45, 7) is 8.33. The Bertz CT molecular complexity index is 1000. The molecule has 7 heteroatoms. The van der Waals surface area contributed by atoms with Gasteiger partial charge in [0.1, 0.15) is 12.6 Å². The van der Waals surface area contributed by atoms with Gasteiger partial charge in [-0.05, 0) is 42.5 Å². The van der Waals surface area contributed by atoms with E-state index in [9.17, 15) is 14.4 Å². The van der Waals surface area contributed by atoms with Crippen LogP contribution in [0.5, 0.6) is 0 Å². The molecule has 0 radical (unpaired) electrons. The summed E-state index contributed by atoms with van der Waals surface area (Å²) in [5.41, 5.74) is 5.21. The molecule has 3 rings (SSSR count). The highest BCUT2D eigenvalue weighted by Gasteiger charge is 2.30. The molecule has 0 heterocycles. The zero-order valence-corrected chi connectivity index (χ0v) is 19.0. The molecule has 0 bridgehead atoms. The minimum Gasteiger partial charge on any atom is -0.481 e. The van der Waals surface area contributed by atoms with Crippen molar-refractivity contribution in [3.05, 3.63) is 71.8 Å². The molecule has 174 valence electrons. The van der Waals surface area contributed by atoms with Gasteiger partial charge in [0.15, 0.2) is 0 Å². The summed E-state index contributed by atoms with van der Waals surface area (Å²) in [5.74, 6) is -1.49. The van der Waals surface area contributed by atoms with Crippen molar-refractivity contribution in [2.24, 2.45) is 0 Å². The second kappa shape index (κ2) is 10.8. The predicted molar refractivity (Wildman–Crippen MR) is 126 cm³/mol. The third kappa shape index (κ3) is 5.80. The van der Waals surface area contributed by atoms with E-state index in [1.54, 1.807) is 11.8 Å². The molecule has 0 aliphatic heterocycles. The summed E-state index contributed by atoms with van der Waals surface area (Å²) in [5, 5.41) is 11.7. The number of hydrogen-bond donors (Lipinski definition) is 2. The summed E-state index contributed by atoms with van der Waals surface area (Å²) in [7, 11) is 0. The average molecular weight is 451 g/mol. The van der Waals surface area contributed by atoms with Crippen LogP contribution in [-0.4, -0.2) is 53.7 Å². The van der Waals surface area contributed by atoms with Crippen molar-refractivity contribution in [1.82, 2.24) is 10.2 Å². The fraction of sp³-hybridized carbons (Fsp3) is 0.346. The fourth-order valence-electron chi connectivity index (χ4n) is 4.20. The lowest BCUT2D eigenvalue weighted by atomic mass is 9.98. The molecule has 2 aromatic rings. The van der Waals surface area contributed by atoms with Gasteiger partial charge in [0, 0.05) is 25.4 Å². The smallest absolute Gasteiger partial charge is 0.407 e. The van der Waals surface area contributed by atoms with Crippen molar-refractivity contribution in [3.63, 3.8) is 0 Å². The summed E-state index contributed by atoms with van der Waals surface area (Å²) >= 11 is 0. The third-order valence-corrected chi connectivity index (χ3v) is 5.73. The van der Waals surface area contributed by atoms with Gasteiger partial charge in [0.25, 0.3) is 0 Å². The molecule has 1 unspecified atom stereocenters. The lowest BCUT2D eigenvalue weighted by molar-refractivity contribution is -0.138. The quantitative estimate of drug-likeness (QED) is 0.530. The van der Waals surface area contributed by atoms with Gasteiger partial charge in [-0.3, -0.25) is 9.59 Å². The van der Waals surface area contributed by atoms with Gasteiger partial charge in [0.05, 0.1) is 0 Å². The van der Waals surface area contributed by atoms with E-state index in [0.717, 1.165) is 27.8 Å². The molecule has 1 aliphatic rings. The molecule has 1 atom stereocenters. The van der Waals surface area contributed by atoms with Crippen LogP contribution in [-0.2, 0) is 14.3 Å². The monoisotopic (exact) mass is 450 g/mol. The summed E-state index contributed by atoms with van der Waals surface area (Å²) in [4.78, 5) is 38.2. The molecule has 0 aromatic heterocycles. The Labute approximate surface area is 194 Å². The summed E-state index contributed by atoms with van der Waals surface area (Å²) < 4.78 is 5.54. The highest BCUT2D eigenvalue weighted by molar-refractivity contribution is 5.86. The van der Waals surface area contributed by atoms with Crippen LogP contribution in [0.25, 0.3) is 11.1 Å². The minimum absolute atomic E-state index is 0.0228. The van der Waals surface area contributed by atoms with Crippen molar-refractivity contribution in [2.45, 2.75) is 38.6 Å². The van der Waals surface area contributed by atoms with Crippen LogP contribution in [0.4, 0.5) is 4.79 Å². The van der Waals surface area contributed by atoms with Crippen LogP contribution in [0, 0.1) is 0 Å². The molecular weight excluding hydrogens is 420 g/mol. The van der Waals surface area contributed by atoms with Crippen molar-refractivity contribution < 1.29 is 24.2 Å². The number of carbonyl (C=O) groups is 3. The predicted octanol–water partition coefficient (Wildman–Crippen LogP) is 4.18. The first-order chi connectivity index (χ1) is 15.8. The van der Waals surface area contributed by atoms with Crippen LogP contribution in [0.1, 0.15) is 43.7 Å². The number of aliphatic carboxylic acids is 1. The van der Waals surface area contributed by atoms with Gasteiger partial charge < -0.3 is 20.1 Å². The zero-order chi connectivity index (χ0) is 24.0. The van der Waals surface area contributed by atoms with Crippen molar-refractivity contribution >= 4 is 18.0 Å². The molecular formula is C26H30N2O5. The average Bonchev–Trinajstić information content (AvgIpc) is 3.12. The molecule has 1 aliphatic carbocycles. The SMILES string of the molecule is C=C(C)CN(CC)C(=O)C(CCC(=O)O)NC(=O)OCC1c2ccccc2-c2ccccc21. The number of ether oxygens (including phenoxy) is 1. The van der Waals surface area contributed by atoms with Crippen molar-refractivity contribution in [3.8, 4) is 11.1 Å². The van der Waals surface area contributed by atoms with E-state index in [1.807, 2.05) is 43.3 Å². The van der Waals surface area contributed by atoms with Gasteiger partial charge in [-0.25, -0.2) is 4.79 Å². The van der Waals surface area contributed by atoms with Gasteiger partial charge >= 0.3 is 12.1 Å². The Kier molecular flexibility index (Phi) is 7.87. The number of hydrogen-bond acceptors (Lipinski definition) is 4. The van der Waals surface area contributed by atoms with Gasteiger partial charge in [0.2, 0.25) is 5.91 Å². The maximum Gasteiger partial charge on any atom is 0.407 e. The molecule has 0 saturated heterocycles. The van der Waals surface area contributed by atoms with Crippen LogP contribution >= 0.6 is 0 Å². The molecule has 2 amide bonds. The topological polar surface area (TPSA) is 95.9 Å². The second-order valence-electron chi connectivity index (χ2n) is 8.26. The Morgan fingerprint density at radius 1 is 1.09 bits per heavy atom. The lowest BCUT2D eigenvalue weighted by Crippen LogP contribution is -2.49. The van der Waals surface area contributed by atoms with Gasteiger partial charge in [-0.2, -0.15) is 0 Å². The zero-order valence-electron chi connectivity index (χ0n) is 19.0. The number of carboxylic acids is 1. The number of carboxylic acid groups (broad SMARTS) is 1. The van der Waals surface area contributed by atoms with Crippen molar-refractivity contribution in [2.75, 3.05) is 19.7 Å². The summed E-state index contributed by atoms with van der Waals surface area (Å²) in [6, 6.07) is 15.0. The Morgan fingerprint density at radius 2 is 1.67 bits per heavy atom. The highest BCUT2D eigenvalue weighted by Crippen LogP contribution is 2.44. The van der Waals surface area contributed by atoms with E-state index in [2.05, 4.69) is 24.0 Å². The number of likely N-dealkylation sites (N-methyl/N-ethyl adjacent to an activating group) is 1. The first kappa shape index (κ1) is 24.0. The van der Waals surface area contributed by atoms with E-state index >= 15 is 0 Å². The van der Waals surface area contributed by atoms with E-state index in [-0.39, 0.29) is 31.3 Å². The Morgan fingerprint density at radius 3 is 2.18 bits per heavy atom. The maximum atomic E-state index is 13.0. The van der Waals surface area contributed by atoms with Gasteiger partial charge in [-0.1, -0.05) is 60.7 Å². The first-order valence-electron chi connectivity index (χ1n) is 11.1. The number of benzene rings is 2. The van der Waals surface area contributed by atoms with Crippen LogP contribution in [0.15, 0.2) is 60.7 Å². The first-order valence-corrected chi connectivity index (χ1v) is 11.1. The number of rotatable bonds is 10. The third-order valence-electron chi connectivity index (χ3n) is 5.73. The number of fused-ring (bicyclic) bond motifs is 3. The van der Waals surface area contributed by atoms with E-state index < -0.39 is 18.1 Å². The van der Waals surface area contributed by atoms with E-state index in [1.165, 1.54) is 0 Å². The second-order valence-corrected chi connectivity index (χ2v) is 8.26. The van der Waals surface area contributed by atoms with E-state index in [4.69, 9.17) is 9.84 Å². The molecule has 0 fully saturated rings. The van der Waals surface area contributed by atoms with Crippen LogP contribution < -0.4 is 5.32 Å². The Balaban J connectivity index is 1.69. The highest BCUT2D eigenvalue weighted by atomic mass is 16.5. The summed E-state index contributed by atoms with van der Waals surface area (Å²) in [6.07, 6.45) is -1.01. The van der Waals surface area contributed by atoms with Crippen LogP contribution in [0.3, 0.4) is 0 Å². The number of nitrogens with zero attached hydrogens (tertiary/aromatic N) is 1. The number of nitrogens with one attached hydrogen (secondary N) is 1. The molecule has 33 heavy (non-hydrogen) atoms. The Hall–Kier alpha value is -3.61. The lowest BCUT2D eigenvalue weighted by Gasteiger charge is -2.27. The molecule has 7 nitrogen and oxygen atoms in total. The van der Waals surface area contributed by atoms with Crippen molar-refractivity contribution in [1.29, 1.82) is 0 Å². The number of alkyl carbamates (subject to hydrolysis) is 1. The number of carbonyl (C=O) groups excluding carboxylic acids is 2. The fourth-order valence-corrected chi connectivity index (χ4v) is 4.20. The van der Waals surface area contributed by atoms with Gasteiger partial charge in [-0.15, -0.1) is 0 Å². The normalized spacial score (nSPS) is 12.9. The largest absolute Gasteiger partial charge is 0.481 e. The maximum absolute atomic E-state index is 13.0. The number of amides is 2. The van der Waals surface area contributed by atoms with Crippen LogP contribution in [0.2, 0.25) is 0 Å². The molecule has 2 N–H and O–H groups in total. The standard InChI is InChI=1S/C26H30N2O5/c1-4-28(15-17(2)3)25(31)23(13-14-24(29)30)27-26(32)33-16-22-20-11-7-5-9-18(20)19-10-6-8-12-21(19)22/h5-12,22-23H,2,4,13-16H2,1,3H3,(H,27,32)(H,29,30). The molecule has 0 saturated carbocycles. The molecule has 2 aromatic carbocycles. The molecule has 0 spiro atoms. The van der Waals surface area contributed by atoms with E-state index in [0.29, 0.717) is 13.1 Å².